The highest BCUT2D eigenvalue weighted by Gasteiger charge is 2.28. The summed E-state index contributed by atoms with van der Waals surface area (Å²) in [6, 6.07) is 11.0. The van der Waals surface area contributed by atoms with Gasteiger partial charge in [0.05, 0.1) is 18.5 Å². The van der Waals surface area contributed by atoms with Crippen LogP contribution < -0.4 is 5.32 Å². The number of fused-ring (bicyclic) bond motifs is 1. The van der Waals surface area contributed by atoms with E-state index in [-0.39, 0.29) is 30.3 Å². The van der Waals surface area contributed by atoms with Crippen LogP contribution in [0.1, 0.15) is 55.0 Å². The molecule has 1 aliphatic heterocycles. The number of rotatable bonds is 4. The van der Waals surface area contributed by atoms with E-state index in [2.05, 4.69) is 5.32 Å². The van der Waals surface area contributed by atoms with Crippen LogP contribution in [0.3, 0.4) is 0 Å². The zero-order chi connectivity index (χ0) is 18.0. The third-order valence-electron chi connectivity index (χ3n) is 4.41. The van der Waals surface area contributed by atoms with Gasteiger partial charge in [-0.2, -0.15) is 0 Å². The summed E-state index contributed by atoms with van der Waals surface area (Å²) < 4.78 is 5.56. The van der Waals surface area contributed by atoms with Gasteiger partial charge in [-0.05, 0) is 43.2 Å². The summed E-state index contributed by atoms with van der Waals surface area (Å²) in [6.45, 7) is 5.26. The van der Waals surface area contributed by atoms with Crippen molar-refractivity contribution in [2.45, 2.75) is 39.3 Å². The monoisotopic (exact) mass is 338 g/mol. The predicted molar refractivity (Wildman–Crippen MR) is 95.4 cm³/mol. The van der Waals surface area contributed by atoms with Gasteiger partial charge in [-0.25, -0.2) is 0 Å². The lowest BCUT2D eigenvalue weighted by Crippen LogP contribution is -2.35. The van der Waals surface area contributed by atoms with Crippen molar-refractivity contribution in [3.05, 3.63) is 65.2 Å². The average molecular weight is 338 g/mol. The average Bonchev–Trinajstić information content (AvgIpc) is 3.01. The second kappa shape index (κ2) is 6.97. The van der Waals surface area contributed by atoms with E-state index in [0.29, 0.717) is 0 Å². The van der Waals surface area contributed by atoms with E-state index in [0.717, 1.165) is 22.6 Å². The highest BCUT2D eigenvalue weighted by Crippen LogP contribution is 2.33. The number of nitrogens with one attached hydrogen (secondary N) is 1. The minimum atomic E-state index is -0.302. The number of hydrogen-bond acceptors (Lipinski definition) is 3. The van der Waals surface area contributed by atoms with Gasteiger partial charge in [0.2, 0.25) is 11.8 Å². The Labute approximate surface area is 147 Å². The van der Waals surface area contributed by atoms with E-state index >= 15 is 0 Å². The lowest BCUT2D eigenvalue weighted by atomic mass is 9.93. The summed E-state index contributed by atoms with van der Waals surface area (Å²) in [7, 11) is 0. The smallest absolute Gasteiger partial charge is 0.223 e. The Morgan fingerprint density at radius 1 is 1.24 bits per heavy atom. The van der Waals surface area contributed by atoms with Crippen LogP contribution >= 0.6 is 0 Å². The molecule has 0 aliphatic carbocycles. The Morgan fingerprint density at radius 2 is 2.00 bits per heavy atom. The number of nitrogens with zero attached hydrogens (tertiary/aromatic N) is 1. The number of furan rings is 1. The molecule has 2 aromatic rings. The lowest BCUT2D eigenvalue weighted by molar-refractivity contribution is -0.130. The first-order valence-corrected chi connectivity index (χ1v) is 8.37. The van der Waals surface area contributed by atoms with Crippen molar-refractivity contribution in [3.8, 4) is 0 Å². The van der Waals surface area contributed by atoms with Gasteiger partial charge in [-0.15, -0.1) is 0 Å². The van der Waals surface area contributed by atoms with Crippen molar-refractivity contribution in [1.82, 2.24) is 10.2 Å². The quantitative estimate of drug-likeness (QED) is 0.924. The molecule has 0 radical (unpaired) electrons. The summed E-state index contributed by atoms with van der Waals surface area (Å²) >= 11 is 0. The molecule has 3 rings (SSSR count). The minimum absolute atomic E-state index is 0.0849. The van der Waals surface area contributed by atoms with E-state index in [1.165, 1.54) is 6.92 Å². The maximum absolute atomic E-state index is 12.6. The van der Waals surface area contributed by atoms with Crippen LogP contribution in [0, 0.1) is 6.92 Å². The fraction of sp³-hybridized carbons (Fsp3) is 0.300. The molecule has 1 aromatic heterocycles. The third kappa shape index (κ3) is 3.65. The molecule has 0 bridgehead atoms. The summed E-state index contributed by atoms with van der Waals surface area (Å²) in [6.07, 6.45) is 3.85. The molecule has 2 heterocycles. The molecular formula is C20H22N2O3. The van der Waals surface area contributed by atoms with Gasteiger partial charge in [0.1, 0.15) is 11.5 Å². The number of carbonyl (C=O) groups excluding carboxylic acids is 2. The van der Waals surface area contributed by atoms with Crippen molar-refractivity contribution in [2.75, 3.05) is 0 Å². The van der Waals surface area contributed by atoms with E-state index in [4.69, 9.17) is 4.42 Å². The van der Waals surface area contributed by atoms with Crippen LogP contribution in [-0.2, 0) is 9.59 Å². The number of amides is 2. The molecule has 0 fully saturated rings. The molecule has 1 aromatic carbocycles. The Balaban J connectivity index is 1.76. The molecule has 130 valence electrons. The standard InChI is InChI=1S/C20H22N2O3/c1-13-8-9-19(25-13)14(2)21-20(24)12-18-17-7-5-4-6-16(17)10-11-22(18)15(3)23/h4-11,14,18H,12H2,1-3H3,(H,21,24). The summed E-state index contributed by atoms with van der Waals surface area (Å²) in [5.74, 6) is 1.32. The molecule has 5 nitrogen and oxygen atoms in total. The molecule has 1 N–H and O–H groups in total. The number of aryl methyl sites for hydroxylation is 1. The first-order chi connectivity index (χ1) is 12.0. The highest BCUT2D eigenvalue weighted by atomic mass is 16.3. The van der Waals surface area contributed by atoms with Crippen LogP contribution in [0.4, 0.5) is 0 Å². The van der Waals surface area contributed by atoms with Crippen molar-refractivity contribution in [3.63, 3.8) is 0 Å². The van der Waals surface area contributed by atoms with E-state index in [1.807, 2.05) is 56.3 Å². The third-order valence-corrected chi connectivity index (χ3v) is 4.41. The fourth-order valence-corrected chi connectivity index (χ4v) is 3.15. The normalized spacial score (nSPS) is 17.1. The Morgan fingerprint density at radius 3 is 2.68 bits per heavy atom. The van der Waals surface area contributed by atoms with Crippen LogP contribution in [0.5, 0.6) is 0 Å². The van der Waals surface area contributed by atoms with Gasteiger partial charge in [-0.1, -0.05) is 24.3 Å². The van der Waals surface area contributed by atoms with Crippen LogP contribution in [-0.4, -0.2) is 16.7 Å². The maximum atomic E-state index is 12.6. The van der Waals surface area contributed by atoms with Gasteiger partial charge in [0.25, 0.3) is 0 Å². The van der Waals surface area contributed by atoms with Gasteiger partial charge >= 0.3 is 0 Å². The van der Waals surface area contributed by atoms with E-state index in [1.54, 1.807) is 11.1 Å². The van der Waals surface area contributed by atoms with Crippen LogP contribution in [0.25, 0.3) is 6.08 Å². The molecule has 1 aliphatic rings. The van der Waals surface area contributed by atoms with Crippen molar-refractivity contribution in [2.24, 2.45) is 0 Å². The van der Waals surface area contributed by atoms with Crippen LogP contribution in [0.15, 0.2) is 47.0 Å². The lowest BCUT2D eigenvalue weighted by Gasteiger charge is -2.32. The predicted octanol–water partition coefficient (Wildman–Crippen LogP) is 3.73. The molecular weight excluding hydrogens is 316 g/mol. The molecule has 2 atom stereocenters. The molecule has 0 saturated carbocycles. The number of benzene rings is 1. The van der Waals surface area contributed by atoms with Crippen molar-refractivity contribution in [1.29, 1.82) is 0 Å². The van der Waals surface area contributed by atoms with Gasteiger partial charge in [-0.3, -0.25) is 9.59 Å². The maximum Gasteiger partial charge on any atom is 0.223 e. The van der Waals surface area contributed by atoms with Crippen LogP contribution in [0.2, 0.25) is 0 Å². The van der Waals surface area contributed by atoms with Crippen molar-refractivity contribution < 1.29 is 14.0 Å². The molecule has 2 unspecified atom stereocenters. The first-order valence-electron chi connectivity index (χ1n) is 8.37. The Hall–Kier alpha value is -2.82. The molecule has 0 saturated heterocycles. The summed E-state index contributed by atoms with van der Waals surface area (Å²) in [4.78, 5) is 26.2. The van der Waals surface area contributed by atoms with E-state index < -0.39 is 0 Å². The largest absolute Gasteiger partial charge is 0.464 e. The SMILES string of the molecule is CC(=O)N1C=Cc2ccccc2C1CC(=O)NC(C)c1ccc(C)o1. The zero-order valence-corrected chi connectivity index (χ0v) is 14.7. The summed E-state index contributed by atoms with van der Waals surface area (Å²) in [5, 5.41) is 2.95. The van der Waals surface area contributed by atoms with Gasteiger partial charge in [0, 0.05) is 13.1 Å². The Kier molecular flexibility index (Phi) is 4.74. The first kappa shape index (κ1) is 17.0. The minimum Gasteiger partial charge on any atom is -0.464 e. The molecule has 0 spiro atoms. The Bertz CT molecular complexity index is 822. The highest BCUT2D eigenvalue weighted by molar-refractivity contribution is 5.82. The molecule has 5 heteroatoms. The number of hydrogen-bond donors (Lipinski definition) is 1. The number of carbonyl (C=O) groups is 2. The van der Waals surface area contributed by atoms with E-state index in [9.17, 15) is 9.59 Å². The van der Waals surface area contributed by atoms with Gasteiger partial charge < -0.3 is 14.6 Å². The fourth-order valence-electron chi connectivity index (χ4n) is 3.15. The zero-order valence-electron chi connectivity index (χ0n) is 14.7. The second-order valence-corrected chi connectivity index (χ2v) is 6.33. The van der Waals surface area contributed by atoms with Crippen molar-refractivity contribution >= 4 is 17.9 Å². The topological polar surface area (TPSA) is 62.6 Å². The molecule has 25 heavy (non-hydrogen) atoms. The van der Waals surface area contributed by atoms with Gasteiger partial charge in [0.15, 0.2) is 0 Å². The second-order valence-electron chi connectivity index (χ2n) is 6.33. The summed E-state index contributed by atoms with van der Waals surface area (Å²) in [5.41, 5.74) is 2.02. The molecule has 2 amide bonds.